The van der Waals surface area contributed by atoms with E-state index in [2.05, 4.69) is 10.6 Å². The van der Waals surface area contributed by atoms with Crippen molar-refractivity contribution in [2.45, 2.75) is 18.7 Å². The van der Waals surface area contributed by atoms with Gasteiger partial charge in [0.15, 0.2) is 0 Å². The second-order valence-corrected chi connectivity index (χ2v) is 7.40. The fourth-order valence-electron chi connectivity index (χ4n) is 2.11. The van der Waals surface area contributed by atoms with Gasteiger partial charge < -0.3 is 14.4 Å². The second-order valence-electron chi connectivity index (χ2n) is 5.70. The predicted molar refractivity (Wildman–Crippen MR) is 117 cm³/mol. The number of benzene rings is 2. The first-order valence-electron chi connectivity index (χ1n) is 8.86. The number of nitrogens with zero attached hydrogens (tertiary/aromatic N) is 1. The average Bonchev–Trinajstić information content (AvgIpc) is 2.69. The summed E-state index contributed by atoms with van der Waals surface area (Å²) in [6, 6.07) is 10.1. The first-order chi connectivity index (χ1) is 13.4. The summed E-state index contributed by atoms with van der Waals surface area (Å²) in [5.41, 5.74) is 0.624. The van der Waals surface area contributed by atoms with Gasteiger partial charge in [0.05, 0.1) is 12.0 Å². The van der Waals surface area contributed by atoms with E-state index in [1.54, 1.807) is 43.5 Å². The predicted octanol–water partition coefficient (Wildman–Crippen LogP) is 4.32. The van der Waals surface area contributed by atoms with Gasteiger partial charge in [0.25, 0.3) is 0 Å². The van der Waals surface area contributed by atoms with E-state index in [1.165, 1.54) is 0 Å². The molecule has 0 aliphatic heterocycles. The number of hydrogen-bond acceptors (Lipinski definition) is 4. The summed E-state index contributed by atoms with van der Waals surface area (Å²) in [5, 5.41) is 0.478. The molecule has 1 atom stereocenters. The molecule has 2 rings (SSSR count). The molecule has 0 heterocycles. The third kappa shape index (κ3) is 7.53. The van der Waals surface area contributed by atoms with Gasteiger partial charge in [-0.15, -0.1) is 6.42 Å². The zero-order valence-corrected chi connectivity index (χ0v) is 18.5. The Hall–Kier alpha value is -2.04. The molecule has 7 heteroatoms. The number of nitrogens with one attached hydrogen (secondary N) is 1. The van der Waals surface area contributed by atoms with Crippen LogP contribution >= 0.6 is 11.6 Å². The fraction of sp³-hybridized carbons (Fsp3) is 0.333. The lowest BCUT2D eigenvalue weighted by Gasteiger charge is -2.14. The van der Waals surface area contributed by atoms with Crippen LogP contribution in [-0.4, -0.2) is 43.4 Å². The minimum Gasteiger partial charge on any atom is -0.497 e. The van der Waals surface area contributed by atoms with Crippen molar-refractivity contribution in [2.24, 2.45) is 0 Å². The molecule has 28 heavy (non-hydrogen) atoms. The van der Waals surface area contributed by atoms with E-state index in [0.29, 0.717) is 39.3 Å². The van der Waals surface area contributed by atoms with Gasteiger partial charge in [0.1, 0.15) is 28.2 Å². The Balaban J connectivity index is 0.00000190. The molecule has 0 amide bonds. The molecule has 2 aromatic carbocycles. The number of ether oxygens (including phenoxy) is 2. The van der Waals surface area contributed by atoms with Crippen LogP contribution in [0.15, 0.2) is 41.3 Å². The van der Waals surface area contributed by atoms with Gasteiger partial charge in [0, 0.05) is 29.7 Å². The molecule has 1 N–H and O–H groups in total. The van der Waals surface area contributed by atoms with Crippen LogP contribution in [0, 0.1) is 12.3 Å². The SMILES string of the molecule is C#Cc1ccc(Oc2cc(Cl)cc(OC)c2)c(S(=O)NCCN(C)C)c1.CC. The maximum absolute atomic E-state index is 12.7. The highest BCUT2D eigenvalue weighted by molar-refractivity contribution is 7.83. The smallest absolute Gasteiger partial charge is 0.144 e. The van der Waals surface area contributed by atoms with E-state index in [4.69, 9.17) is 27.5 Å². The molecule has 1 unspecified atom stereocenters. The second kappa shape index (κ2) is 12.4. The number of likely N-dealkylation sites (N-methyl/N-ethyl adjacent to an activating group) is 1. The van der Waals surface area contributed by atoms with Crippen LogP contribution < -0.4 is 14.2 Å². The topological polar surface area (TPSA) is 50.8 Å². The van der Waals surface area contributed by atoms with Gasteiger partial charge in [-0.2, -0.15) is 0 Å². The van der Waals surface area contributed by atoms with Gasteiger partial charge in [-0.25, -0.2) is 8.93 Å². The summed E-state index contributed by atoms with van der Waals surface area (Å²) in [5.74, 6) is 4.03. The highest BCUT2D eigenvalue weighted by Gasteiger charge is 2.14. The molecule has 0 aliphatic rings. The molecule has 0 aliphatic carbocycles. The lowest BCUT2D eigenvalue weighted by atomic mass is 10.2. The van der Waals surface area contributed by atoms with E-state index < -0.39 is 11.0 Å². The summed E-state index contributed by atoms with van der Waals surface area (Å²) >= 11 is 6.08. The molecule has 0 radical (unpaired) electrons. The first kappa shape index (κ1) is 24.0. The van der Waals surface area contributed by atoms with E-state index in [9.17, 15) is 4.21 Å². The van der Waals surface area contributed by atoms with Crippen molar-refractivity contribution in [3.63, 3.8) is 0 Å². The highest BCUT2D eigenvalue weighted by atomic mass is 35.5. The van der Waals surface area contributed by atoms with E-state index in [1.807, 2.05) is 32.8 Å². The van der Waals surface area contributed by atoms with E-state index >= 15 is 0 Å². The normalized spacial score (nSPS) is 11.2. The van der Waals surface area contributed by atoms with Crippen LogP contribution in [0.2, 0.25) is 5.02 Å². The number of halogens is 1. The Morgan fingerprint density at radius 3 is 2.46 bits per heavy atom. The third-order valence-corrected chi connectivity index (χ3v) is 4.81. The number of methoxy groups -OCH3 is 1. The van der Waals surface area contributed by atoms with E-state index in [-0.39, 0.29) is 0 Å². The van der Waals surface area contributed by atoms with Crippen LogP contribution in [0.3, 0.4) is 0 Å². The molecule has 0 spiro atoms. The number of rotatable bonds is 8. The van der Waals surface area contributed by atoms with Crippen LogP contribution in [0.4, 0.5) is 0 Å². The van der Waals surface area contributed by atoms with Gasteiger partial charge in [-0.05, 0) is 44.4 Å². The van der Waals surface area contributed by atoms with Crippen molar-refractivity contribution >= 4 is 22.6 Å². The molecule has 152 valence electrons. The average molecular weight is 423 g/mol. The highest BCUT2D eigenvalue weighted by Crippen LogP contribution is 2.32. The van der Waals surface area contributed by atoms with Gasteiger partial charge in [0.2, 0.25) is 0 Å². The summed E-state index contributed by atoms with van der Waals surface area (Å²) in [4.78, 5) is 2.47. The molecular formula is C21H27ClN2O3S. The minimum absolute atomic E-state index is 0.434. The standard InChI is InChI=1S/C19H21ClN2O3S.C2H6/c1-5-14-6-7-18(19(10-14)26(23)21-8-9-22(2)3)25-17-12-15(20)11-16(13-17)24-4;1-2/h1,6-7,10-13,21H,8-9H2,2-4H3;1-2H3. The number of terminal acetylenes is 1. The molecule has 0 saturated heterocycles. The molecule has 0 fully saturated rings. The van der Waals surface area contributed by atoms with Crippen molar-refractivity contribution in [1.29, 1.82) is 0 Å². The molecular weight excluding hydrogens is 396 g/mol. The third-order valence-electron chi connectivity index (χ3n) is 3.41. The quantitative estimate of drug-likeness (QED) is 0.643. The van der Waals surface area contributed by atoms with Crippen LogP contribution in [0.25, 0.3) is 0 Å². The largest absolute Gasteiger partial charge is 0.497 e. The van der Waals surface area contributed by atoms with Crippen LogP contribution in [0.1, 0.15) is 19.4 Å². The maximum Gasteiger partial charge on any atom is 0.144 e. The monoisotopic (exact) mass is 422 g/mol. The van der Waals surface area contributed by atoms with E-state index in [0.717, 1.165) is 6.54 Å². The van der Waals surface area contributed by atoms with Crippen LogP contribution in [0.5, 0.6) is 17.2 Å². The van der Waals surface area contributed by atoms with Crippen molar-refractivity contribution in [3.8, 4) is 29.6 Å². The Bertz CT molecular complexity index is 835. The minimum atomic E-state index is -1.47. The Morgan fingerprint density at radius 1 is 1.18 bits per heavy atom. The Morgan fingerprint density at radius 2 is 1.86 bits per heavy atom. The summed E-state index contributed by atoms with van der Waals surface area (Å²) < 4.78 is 26.7. The van der Waals surface area contributed by atoms with Crippen LogP contribution in [-0.2, 0) is 11.0 Å². The molecule has 5 nitrogen and oxygen atoms in total. The molecule has 2 aromatic rings. The summed E-state index contributed by atoms with van der Waals surface area (Å²) in [6.07, 6.45) is 5.47. The Kier molecular flexibility index (Phi) is 10.6. The van der Waals surface area contributed by atoms with Crippen molar-refractivity contribution in [3.05, 3.63) is 47.0 Å². The maximum atomic E-state index is 12.7. The summed E-state index contributed by atoms with van der Waals surface area (Å²) in [6.45, 7) is 5.31. The number of hydrogen-bond donors (Lipinski definition) is 1. The lowest BCUT2D eigenvalue weighted by molar-refractivity contribution is 0.408. The van der Waals surface area contributed by atoms with Crippen molar-refractivity contribution in [1.82, 2.24) is 9.62 Å². The first-order valence-corrected chi connectivity index (χ1v) is 10.4. The molecule has 0 bridgehead atoms. The Labute approximate surface area is 175 Å². The summed E-state index contributed by atoms with van der Waals surface area (Å²) in [7, 11) is 3.98. The van der Waals surface area contributed by atoms with Crippen molar-refractivity contribution in [2.75, 3.05) is 34.3 Å². The molecule has 0 saturated carbocycles. The molecule has 0 aromatic heterocycles. The fourth-order valence-corrected chi connectivity index (χ4v) is 3.28. The zero-order chi connectivity index (χ0) is 21.1. The van der Waals surface area contributed by atoms with Crippen molar-refractivity contribution < 1.29 is 13.7 Å². The lowest BCUT2D eigenvalue weighted by Crippen LogP contribution is -2.28. The van der Waals surface area contributed by atoms with Gasteiger partial charge in [-0.3, -0.25) is 0 Å². The van der Waals surface area contributed by atoms with Gasteiger partial charge >= 0.3 is 0 Å². The zero-order valence-electron chi connectivity index (χ0n) is 16.9. The van der Waals surface area contributed by atoms with Gasteiger partial charge in [-0.1, -0.05) is 31.4 Å².